The van der Waals surface area contributed by atoms with E-state index < -0.39 is 34.9 Å². The van der Waals surface area contributed by atoms with Crippen LogP contribution in [-0.2, 0) is 20.8 Å². The molecule has 164 valence electrons. The lowest BCUT2D eigenvalue weighted by atomic mass is 10.1. The van der Waals surface area contributed by atoms with Gasteiger partial charge in [0.2, 0.25) is 0 Å². The van der Waals surface area contributed by atoms with E-state index in [1.165, 1.54) is 0 Å². The van der Waals surface area contributed by atoms with Crippen LogP contribution in [0.5, 0.6) is 0 Å². The number of aromatic nitrogens is 1. The number of anilines is 1. The fraction of sp³-hybridized carbons (Fsp3) is 0.450. The van der Waals surface area contributed by atoms with Crippen molar-refractivity contribution in [3.05, 3.63) is 35.0 Å². The van der Waals surface area contributed by atoms with Crippen LogP contribution >= 0.6 is 11.3 Å². The Morgan fingerprint density at radius 2 is 1.77 bits per heavy atom. The molecule has 0 saturated carbocycles. The zero-order valence-corrected chi connectivity index (χ0v) is 18.2. The second kappa shape index (κ2) is 9.94. The fourth-order valence-corrected chi connectivity index (χ4v) is 3.37. The van der Waals surface area contributed by atoms with E-state index in [0.717, 1.165) is 23.5 Å². The quantitative estimate of drug-likeness (QED) is 0.597. The van der Waals surface area contributed by atoms with Crippen LogP contribution in [0.2, 0.25) is 0 Å². The molecule has 0 bridgehead atoms. The maximum Gasteiger partial charge on any atom is 0.412 e. The molecule has 1 aromatic heterocycles. The van der Waals surface area contributed by atoms with Gasteiger partial charge >= 0.3 is 12.1 Å². The lowest BCUT2D eigenvalue weighted by molar-refractivity contribution is 0.0521. The first-order chi connectivity index (χ1) is 14.1. The van der Waals surface area contributed by atoms with Crippen LogP contribution in [0.25, 0.3) is 10.6 Å². The molecule has 0 spiro atoms. The molecule has 0 aliphatic carbocycles. The van der Waals surface area contributed by atoms with Crippen LogP contribution in [0.4, 0.5) is 18.6 Å². The maximum atomic E-state index is 14.6. The number of benzene rings is 1. The molecule has 2 rings (SSSR count). The van der Waals surface area contributed by atoms with E-state index in [0.29, 0.717) is 12.2 Å². The van der Waals surface area contributed by atoms with Crippen molar-refractivity contribution in [1.29, 1.82) is 0 Å². The summed E-state index contributed by atoms with van der Waals surface area (Å²) in [7, 11) is 0. The number of carbonyl (C=O) groups excluding carboxylic acids is 2. The van der Waals surface area contributed by atoms with Gasteiger partial charge in [-0.1, -0.05) is 11.3 Å². The van der Waals surface area contributed by atoms with E-state index in [-0.39, 0.29) is 28.9 Å². The van der Waals surface area contributed by atoms with Gasteiger partial charge in [-0.25, -0.2) is 23.4 Å². The number of carbonyl (C=O) groups is 2. The molecule has 0 unspecified atom stereocenters. The van der Waals surface area contributed by atoms with Crippen LogP contribution in [0, 0.1) is 11.6 Å². The van der Waals surface area contributed by atoms with E-state index in [9.17, 15) is 18.4 Å². The highest BCUT2D eigenvalue weighted by molar-refractivity contribution is 7.19. The Balaban J connectivity index is 2.44. The summed E-state index contributed by atoms with van der Waals surface area (Å²) in [6.45, 7) is 8.91. The molecule has 10 heteroatoms. The predicted octanol–water partition coefficient (Wildman–Crippen LogP) is 5.15. The van der Waals surface area contributed by atoms with Gasteiger partial charge in [0.15, 0.2) is 5.69 Å². The molecular weight excluding hydrogens is 418 g/mol. The van der Waals surface area contributed by atoms with Gasteiger partial charge in [0.25, 0.3) is 0 Å². The van der Waals surface area contributed by atoms with Gasteiger partial charge in [0.1, 0.15) is 27.2 Å². The van der Waals surface area contributed by atoms with E-state index in [4.69, 9.17) is 14.2 Å². The van der Waals surface area contributed by atoms with Gasteiger partial charge < -0.3 is 14.2 Å². The van der Waals surface area contributed by atoms with Gasteiger partial charge in [-0.3, -0.25) is 5.32 Å². The number of ether oxygens (including phenoxy) is 3. The number of halogens is 2. The van der Waals surface area contributed by atoms with Crippen molar-refractivity contribution < 1.29 is 32.6 Å². The second-order valence-corrected chi connectivity index (χ2v) is 8.11. The average Bonchev–Trinajstić information content (AvgIpc) is 3.01. The molecule has 0 aliphatic rings. The molecular formula is C20H24F2N2O5S. The first-order valence-corrected chi connectivity index (χ1v) is 10.1. The second-order valence-electron chi connectivity index (χ2n) is 7.12. The number of esters is 1. The van der Waals surface area contributed by atoms with Crippen molar-refractivity contribution in [3.63, 3.8) is 0 Å². The minimum absolute atomic E-state index is 0.0325. The Hall–Kier alpha value is -2.59. The molecule has 0 fully saturated rings. The smallest absolute Gasteiger partial charge is 0.412 e. The standard InChI is InChI=1S/C20H24F2N2O5S/c1-6-27-10-11-8-12(21)14(13(22)9-11)16-23-15(18(25)28-7-2)17(30-16)24-19(26)29-20(3,4)5/h8-9H,6-7,10H2,1-5H3,(H,24,26). The molecule has 7 nitrogen and oxygen atoms in total. The summed E-state index contributed by atoms with van der Waals surface area (Å²) in [6, 6.07) is 2.28. The number of nitrogens with zero attached hydrogens (tertiary/aromatic N) is 1. The van der Waals surface area contributed by atoms with E-state index in [1.807, 2.05) is 0 Å². The highest BCUT2D eigenvalue weighted by Gasteiger charge is 2.26. The summed E-state index contributed by atoms with van der Waals surface area (Å²) < 4.78 is 44.6. The Bertz CT molecular complexity index is 901. The number of amides is 1. The first-order valence-electron chi connectivity index (χ1n) is 9.29. The fourth-order valence-electron chi connectivity index (χ4n) is 2.38. The monoisotopic (exact) mass is 442 g/mol. The lowest BCUT2D eigenvalue weighted by Crippen LogP contribution is -2.27. The molecule has 30 heavy (non-hydrogen) atoms. The lowest BCUT2D eigenvalue weighted by Gasteiger charge is -2.19. The van der Waals surface area contributed by atoms with Crippen molar-refractivity contribution >= 4 is 28.4 Å². The zero-order valence-electron chi connectivity index (χ0n) is 17.4. The van der Waals surface area contributed by atoms with Gasteiger partial charge in [0, 0.05) is 6.61 Å². The minimum Gasteiger partial charge on any atom is -0.461 e. The highest BCUT2D eigenvalue weighted by Crippen LogP contribution is 2.36. The summed E-state index contributed by atoms with van der Waals surface area (Å²) in [5.41, 5.74) is -1.14. The molecule has 0 atom stereocenters. The Morgan fingerprint density at radius 1 is 1.13 bits per heavy atom. The van der Waals surface area contributed by atoms with Crippen LogP contribution in [-0.4, -0.2) is 35.9 Å². The van der Waals surface area contributed by atoms with Gasteiger partial charge in [0.05, 0.1) is 18.8 Å². The Kier molecular flexibility index (Phi) is 7.85. The number of thiazole rings is 1. The topological polar surface area (TPSA) is 86.8 Å². The Labute approximate surface area is 177 Å². The minimum atomic E-state index is -0.863. The third-order valence-corrected chi connectivity index (χ3v) is 4.49. The van der Waals surface area contributed by atoms with Crippen LogP contribution in [0.1, 0.15) is 50.7 Å². The number of hydrogen-bond donors (Lipinski definition) is 1. The molecule has 1 amide bonds. The van der Waals surface area contributed by atoms with Gasteiger partial charge in [-0.05, 0) is 52.3 Å². The van der Waals surface area contributed by atoms with E-state index >= 15 is 0 Å². The van der Waals surface area contributed by atoms with E-state index in [2.05, 4.69) is 10.3 Å². The largest absolute Gasteiger partial charge is 0.461 e. The summed E-state index contributed by atoms with van der Waals surface area (Å²) in [5.74, 6) is -2.56. The molecule has 2 aromatic rings. The molecule has 1 aromatic carbocycles. The average molecular weight is 442 g/mol. The van der Waals surface area contributed by atoms with Gasteiger partial charge in [-0.15, -0.1) is 0 Å². The van der Waals surface area contributed by atoms with E-state index in [1.54, 1.807) is 34.6 Å². The molecule has 0 aliphatic heterocycles. The highest BCUT2D eigenvalue weighted by atomic mass is 32.1. The van der Waals surface area contributed by atoms with Crippen molar-refractivity contribution in [2.45, 2.75) is 46.8 Å². The zero-order chi connectivity index (χ0) is 22.5. The summed E-state index contributed by atoms with van der Waals surface area (Å²) in [4.78, 5) is 28.4. The Morgan fingerprint density at radius 3 is 2.30 bits per heavy atom. The van der Waals surface area contributed by atoms with Gasteiger partial charge in [-0.2, -0.15) is 0 Å². The van der Waals surface area contributed by atoms with Crippen molar-refractivity contribution in [2.24, 2.45) is 0 Å². The first kappa shape index (κ1) is 23.7. The third-order valence-electron chi connectivity index (χ3n) is 3.50. The summed E-state index contributed by atoms with van der Waals surface area (Å²) in [6.07, 6.45) is -0.837. The summed E-state index contributed by atoms with van der Waals surface area (Å²) >= 11 is 0.738. The molecule has 1 heterocycles. The summed E-state index contributed by atoms with van der Waals surface area (Å²) in [5, 5.41) is 2.25. The van der Waals surface area contributed by atoms with Crippen molar-refractivity contribution in [3.8, 4) is 10.6 Å². The van der Waals surface area contributed by atoms with Crippen molar-refractivity contribution in [2.75, 3.05) is 18.5 Å². The third kappa shape index (κ3) is 6.20. The normalized spacial score (nSPS) is 11.3. The SMILES string of the molecule is CCOCc1cc(F)c(-c2nc(C(=O)OCC)c(NC(=O)OC(C)(C)C)s2)c(F)c1. The molecule has 0 saturated heterocycles. The maximum absolute atomic E-state index is 14.6. The van der Waals surface area contributed by atoms with Crippen molar-refractivity contribution in [1.82, 2.24) is 4.98 Å². The predicted molar refractivity (Wildman–Crippen MR) is 109 cm³/mol. The van der Waals surface area contributed by atoms with Crippen LogP contribution in [0.15, 0.2) is 12.1 Å². The number of hydrogen-bond acceptors (Lipinski definition) is 7. The number of rotatable bonds is 7. The van der Waals surface area contributed by atoms with Crippen LogP contribution < -0.4 is 5.32 Å². The van der Waals surface area contributed by atoms with Crippen LogP contribution in [0.3, 0.4) is 0 Å². The number of nitrogens with one attached hydrogen (secondary N) is 1. The molecule has 1 N–H and O–H groups in total. The molecule has 0 radical (unpaired) electrons.